The number of amides is 1. The molecule has 0 spiro atoms. The van der Waals surface area contributed by atoms with E-state index in [1.807, 2.05) is 24.0 Å². The highest BCUT2D eigenvalue weighted by Crippen LogP contribution is 2.25. The molecule has 0 saturated carbocycles. The fourth-order valence-electron chi connectivity index (χ4n) is 3.52. The van der Waals surface area contributed by atoms with E-state index in [0.717, 1.165) is 67.7 Å². The number of aromatic nitrogens is 1. The van der Waals surface area contributed by atoms with Crippen molar-refractivity contribution < 1.29 is 9.53 Å². The van der Waals surface area contributed by atoms with Crippen molar-refractivity contribution in [3.63, 3.8) is 0 Å². The fraction of sp³-hybridized carbons (Fsp3) is 0.524. The standard InChI is InChI=1S/C21H28N2O2/c1-4-10-25-14-17-8-9-23(13-17)21(24)19-11-15(3)22-20-7-6-16(5-2)12-18(19)20/h6-7,11-12,17H,4-5,8-10,13-14H2,1-3H3/t17-/m1/s1. The summed E-state index contributed by atoms with van der Waals surface area (Å²) >= 11 is 0. The molecule has 0 unspecified atom stereocenters. The van der Waals surface area contributed by atoms with Gasteiger partial charge in [0.05, 0.1) is 17.7 Å². The van der Waals surface area contributed by atoms with Gasteiger partial charge in [-0.25, -0.2) is 0 Å². The average Bonchev–Trinajstić information content (AvgIpc) is 3.09. The van der Waals surface area contributed by atoms with Crippen LogP contribution < -0.4 is 0 Å². The summed E-state index contributed by atoms with van der Waals surface area (Å²) in [5.41, 5.74) is 3.82. The van der Waals surface area contributed by atoms with Gasteiger partial charge in [-0.2, -0.15) is 0 Å². The lowest BCUT2D eigenvalue weighted by molar-refractivity contribution is 0.0756. The Kier molecular flexibility index (Phi) is 5.69. The van der Waals surface area contributed by atoms with Crippen molar-refractivity contribution in [2.24, 2.45) is 5.92 Å². The minimum Gasteiger partial charge on any atom is -0.381 e. The van der Waals surface area contributed by atoms with E-state index in [1.54, 1.807) is 0 Å². The SMILES string of the molecule is CCCOC[C@@H]1CCN(C(=O)c2cc(C)nc3ccc(CC)cc23)C1. The molecule has 4 nitrogen and oxygen atoms in total. The first kappa shape index (κ1) is 17.9. The van der Waals surface area contributed by atoms with E-state index in [2.05, 4.69) is 31.0 Å². The van der Waals surface area contributed by atoms with E-state index in [1.165, 1.54) is 5.56 Å². The summed E-state index contributed by atoms with van der Waals surface area (Å²) in [5, 5.41) is 0.973. The topological polar surface area (TPSA) is 42.4 Å². The summed E-state index contributed by atoms with van der Waals surface area (Å²) in [7, 11) is 0. The van der Waals surface area contributed by atoms with Gasteiger partial charge in [0, 0.05) is 36.7 Å². The van der Waals surface area contributed by atoms with Crippen molar-refractivity contribution in [3.8, 4) is 0 Å². The molecule has 2 heterocycles. The molecule has 0 bridgehead atoms. The highest BCUT2D eigenvalue weighted by atomic mass is 16.5. The summed E-state index contributed by atoms with van der Waals surface area (Å²) in [6, 6.07) is 8.18. The monoisotopic (exact) mass is 340 g/mol. The van der Waals surface area contributed by atoms with Crippen LogP contribution in [0.5, 0.6) is 0 Å². The molecule has 1 fully saturated rings. The van der Waals surface area contributed by atoms with Gasteiger partial charge in [0.25, 0.3) is 5.91 Å². The Morgan fingerprint density at radius 1 is 1.32 bits per heavy atom. The number of benzene rings is 1. The number of hydrogen-bond acceptors (Lipinski definition) is 3. The Bertz CT molecular complexity index is 757. The van der Waals surface area contributed by atoms with E-state index in [-0.39, 0.29) is 5.91 Å². The van der Waals surface area contributed by atoms with Crippen molar-refractivity contribution >= 4 is 16.8 Å². The molecule has 0 radical (unpaired) electrons. The van der Waals surface area contributed by atoms with Crippen LogP contribution in [0.4, 0.5) is 0 Å². The largest absolute Gasteiger partial charge is 0.381 e. The van der Waals surface area contributed by atoms with Crippen LogP contribution in [0.3, 0.4) is 0 Å². The lowest BCUT2D eigenvalue weighted by Crippen LogP contribution is -2.29. The first-order chi connectivity index (χ1) is 12.1. The number of carbonyl (C=O) groups is 1. The van der Waals surface area contributed by atoms with Crippen LogP contribution in [0.2, 0.25) is 0 Å². The van der Waals surface area contributed by atoms with E-state index in [0.29, 0.717) is 5.92 Å². The summed E-state index contributed by atoms with van der Waals surface area (Å²) < 4.78 is 5.67. The van der Waals surface area contributed by atoms with Crippen LogP contribution in [0.25, 0.3) is 10.9 Å². The van der Waals surface area contributed by atoms with Gasteiger partial charge >= 0.3 is 0 Å². The van der Waals surface area contributed by atoms with Crippen LogP contribution in [-0.4, -0.2) is 42.1 Å². The molecule has 3 rings (SSSR count). The minimum absolute atomic E-state index is 0.127. The number of rotatable bonds is 6. The molecule has 25 heavy (non-hydrogen) atoms. The van der Waals surface area contributed by atoms with Gasteiger partial charge in [-0.1, -0.05) is 19.9 Å². The fourth-order valence-corrected chi connectivity index (χ4v) is 3.52. The predicted octanol–water partition coefficient (Wildman–Crippen LogP) is 3.99. The van der Waals surface area contributed by atoms with Crippen LogP contribution in [-0.2, 0) is 11.2 Å². The number of carbonyl (C=O) groups excluding carboxylic acids is 1. The highest BCUT2D eigenvalue weighted by molar-refractivity contribution is 6.06. The molecular weight excluding hydrogens is 312 g/mol. The Hall–Kier alpha value is -1.94. The molecule has 1 atom stereocenters. The summed E-state index contributed by atoms with van der Waals surface area (Å²) in [6.45, 7) is 9.37. The second kappa shape index (κ2) is 7.96. The molecule has 1 amide bonds. The van der Waals surface area contributed by atoms with E-state index >= 15 is 0 Å². The van der Waals surface area contributed by atoms with Gasteiger partial charge in [-0.05, 0) is 49.9 Å². The highest BCUT2D eigenvalue weighted by Gasteiger charge is 2.28. The van der Waals surface area contributed by atoms with Gasteiger partial charge in [0.1, 0.15) is 0 Å². The number of ether oxygens (including phenoxy) is 1. The maximum atomic E-state index is 13.1. The van der Waals surface area contributed by atoms with Crippen molar-refractivity contribution in [1.29, 1.82) is 0 Å². The maximum Gasteiger partial charge on any atom is 0.254 e. The molecule has 134 valence electrons. The molecule has 1 saturated heterocycles. The van der Waals surface area contributed by atoms with Crippen LogP contribution >= 0.6 is 0 Å². The van der Waals surface area contributed by atoms with Crippen LogP contribution in [0.15, 0.2) is 24.3 Å². The van der Waals surface area contributed by atoms with Gasteiger partial charge < -0.3 is 9.64 Å². The molecule has 1 aromatic heterocycles. The van der Waals surface area contributed by atoms with Crippen molar-refractivity contribution in [2.45, 2.75) is 40.0 Å². The molecule has 4 heteroatoms. The molecule has 0 aliphatic carbocycles. The Labute approximate surface area is 150 Å². The van der Waals surface area contributed by atoms with Crippen LogP contribution in [0, 0.1) is 12.8 Å². The number of fused-ring (bicyclic) bond motifs is 1. The van der Waals surface area contributed by atoms with Gasteiger partial charge in [0.2, 0.25) is 0 Å². The van der Waals surface area contributed by atoms with Crippen LogP contribution in [0.1, 0.15) is 48.3 Å². The molecule has 2 aromatic rings. The zero-order valence-electron chi connectivity index (χ0n) is 15.5. The number of nitrogens with zero attached hydrogens (tertiary/aromatic N) is 2. The number of aryl methyl sites for hydroxylation is 2. The van der Waals surface area contributed by atoms with E-state index < -0.39 is 0 Å². The number of hydrogen-bond donors (Lipinski definition) is 0. The lowest BCUT2D eigenvalue weighted by Gasteiger charge is -2.18. The van der Waals surface area contributed by atoms with Crippen molar-refractivity contribution in [3.05, 3.63) is 41.1 Å². The van der Waals surface area contributed by atoms with E-state index in [9.17, 15) is 4.79 Å². The zero-order valence-corrected chi connectivity index (χ0v) is 15.5. The quantitative estimate of drug-likeness (QED) is 0.747. The molecule has 0 N–H and O–H groups in total. The third-order valence-corrected chi connectivity index (χ3v) is 4.91. The second-order valence-electron chi connectivity index (χ2n) is 7.00. The van der Waals surface area contributed by atoms with Gasteiger partial charge in [-0.15, -0.1) is 0 Å². The minimum atomic E-state index is 0.127. The summed E-state index contributed by atoms with van der Waals surface area (Å²) in [5.74, 6) is 0.581. The Morgan fingerprint density at radius 3 is 2.92 bits per heavy atom. The average molecular weight is 340 g/mol. The first-order valence-electron chi connectivity index (χ1n) is 9.39. The maximum absolute atomic E-state index is 13.1. The summed E-state index contributed by atoms with van der Waals surface area (Å²) in [6.07, 6.45) is 3.02. The molecule has 1 aromatic carbocycles. The lowest BCUT2D eigenvalue weighted by atomic mass is 10.0. The van der Waals surface area contributed by atoms with Crippen molar-refractivity contribution in [1.82, 2.24) is 9.88 Å². The predicted molar refractivity (Wildman–Crippen MR) is 101 cm³/mol. The smallest absolute Gasteiger partial charge is 0.254 e. The zero-order chi connectivity index (χ0) is 17.8. The molecular formula is C21H28N2O2. The van der Waals surface area contributed by atoms with Gasteiger partial charge in [0.15, 0.2) is 0 Å². The van der Waals surface area contributed by atoms with Gasteiger partial charge in [-0.3, -0.25) is 9.78 Å². The number of pyridine rings is 1. The third-order valence-electron chi connectivity index (χ3n) is 4.91. The first-order valence-corrected chi connectivity index (χ1v) is 9.39. The normalized spacial score (nSPS) is 17.4. The second-order valence-corrected chi connectivity index (χ2v) is 7.00. The molecule has 1 aliphatic heterocycles. The summed E-state index contributed by atoms with van der Waals surface area (Å²) in [4.78, 5) is 19.7. The Balaban J connectivity index is 1.82. The van der Waals surface area contributed by atoms with E-state index in [4.69, 9.17) is 4.74 Å². The molecule has 1 aliphatic rings. The van der Waals surface area contributed by atoms with Crippen molar-refractivity contribution in [2.75, 3.05) is 26.3 Å². The third kappa shape index (κ3) is 4.01. The Morgan fingerprint density at radius 2 is 2.16 bits per heavy atom. The number of likely N-dealkylation sites (tertiary alicyclic amines) is 1.